The van der Waals surface area contributed by atoms with Gasteiger partial charge in [0.05, 0.1) is 0 Å². The van der Waals surface area contributed by atoms with E-state index in [1.807, 2.05) is 0 Å². The monoisotopic (exact) mass is 247 g/mol. The van der Waals surface area contributed by atoms with E-state index in [4.69, 9.17) is 0 Å². The van der Waals surface area contributed by atoms with Crippen LogP contribution in [-0.4, -0.2) is 26.1 Å². The molecule has 0 spiro atoms. The summed E-state index contributed by atoms with van der Waals surface area (Å²) in [6, 6.07) is 1.79. The van der Waals surface area contributed by atoms with Gasteiger partial charge in [0.2, 0.25) is 0 Å². The van der Waals surface area contributed by atoms with Gasteiger partial charge >= 0.3 is 5.69 Å². The molecule has 0 unspecified atom stereocenters. The molecule has 96 valence electrons. The van der Waals surface area contributed by atoms with Gasteiger partial charge in [-0.05, 0) is 18.8 Å². The van der Waals surface area contributed by atoms with Crippen LogP contribution in [-0.2, 0) is 0 Å². The molecule has 2 heterocycles. The minimum atomic E-state index is -0.253. The van der Waals surface area contributed by atoms with Crippen LogP contribution in [0.1, 0.15) is 32.1 Å². The lowest BCUT2D eigenvalue weighted by Gasteiger charge is -2.21. The Hall–Kier alpha value is -1.85. The van der Waals surface area contributed by atoms with Crippen LogP contribution in [0, 0.1) is 5.92 Å². The fourth-order valence-electron chi connectivity index (χ4n) is 2.55. The van der Waals surface area contributed by atoms with Gasteiger partial charge in [-0.1, -0.05) is 19.3 Å². The van der Waals surface area contributed by atoms with Gasteiger partial charge in [-0.3, -0.25) is 0 Å². The highest BCUT2D eigenvalue weighted by Crippen LogP contribution is 2.23. The Morgan fingerprint density at radius 2 is 2.22 bits per heavy atom. The Kier molecular flexibility index (Phi) is 3.00. The lowest BCUT2D eigenvalue weighted by atomic mass is 9.89. The van der Waals surface area contributed by atoms with Gasteiger partial charge in [0.15, 0.2) is 5.65 Å². The second-order valence-electron chi connectivity index (χ2n) is 4.92. The van der Waals surface area contributed by atoms with Crippen molar-refractivity contribution in [1.29, 1.82) is 0 Å². The van der Waals surface area contributed by atoms with Gasteiger partial charge in [0.25, 0.3) is 0 Å². The second kappa shape index (κ2) is 4.80. The summed E-state index contributed by atoms with van der Waals surface area (Å²) in [5.41, 5.74) is 0.345. The number of hydrogen-bond acceptors (Lipinski definition) is 4. The molecule has 2 aromatic rings. The summed E-state index contributed by atoms with van der Waals surface area (Å²) in [5.74, 6) is 1.53. The highest BCUT2D eigenvalue weighted by atomic mass is 16.1. The molecule has 0 aliphatic heterocycles. The fraction of sp³-hybridized carbons (Fsp3) is 0.583. The van der Waals surface area contributed by atoms with E-state index < -0.39 is 0 Å². The second-order valence-corrected chi connectivity index (χ2v) is 4.92. The SMILES string of the molecule is O=c1[nH]nc2cc(NCC3CCCCC3)ncn12. The van der Waals surface area contributed by atoms with Crippen molar-refractivity contribution >= 4 is 11.5 Å². The van der Waals surface area contributed by atoms with Crippen molar-refractivity contribution in [2.24, 2.45) is 5.92 Å². The van der Waals surface area contributed by atoms with Crippen LogP contribution < -0.4 is 11.0 Å². The summed E-state index contributed by atoms with van der Waals surface area (Å²) >= 11 is 0. The van der Waals surface area contributed by atoms with E-state index in [9.17, 15) is 4.79 Å². The molecule has 1 aliphatic rings. The Morgan fingerprint density at radius 1 is 1.39 bits per heavy atom. The lowest BCUT2D eigenvalue weighted by molar-refractivity contribution is 0.373. The first-order valence-corrected chi connectivity index (χ1v) is 6.49. The average Bonchev–Trinajstić information content (AvgIpc) is 2.79. The van der Waals surface area contributed by atoms with Crippen molar-refractivity contribution < 1.29 is 0 Å². The smallest absolute Gasteiger partial charge is 0.348 e. The third-order valence-electron chi connectivity index (χ3n) is 3.61. The Balaban J connectivity index is 1.68. The number of H-pyrrole nitrogens is 1. The number of aromatic nitrogens is 4. The molecular weight excluding hydrogens is 230 g/mol. The van der Waals surface area contributed by atoms with Gasteiger partial charge in [0, 0.05) is 12.6 Å². The predicted molar refractivity (Wildman–Crippen MR) is 68.7 cm³/mol. The zero-order chi connectivity index (χ0) is 12.4. The molecule has 6 heteroatoms. The van der Waals surface area contributed by atoms with Crippen molar-refractivity contribution in [1.82, 2.24) is 19.6 Å². The van der Waals surface area contributed by atoms with Gasteiger partial charge in [-0.25, -0.2) is 19.3 Å². The fourth-order valence-corrected chi connectivity index (χ4v) is 2.55. The van der Waals surface area contributed by atoms with E-state index in [2.05, 4.69) is 20.5 Å². The highest BCUT2D eigenvalue weighted by Gasteiger charge is 2.13. The third kappa shape index (κ3) is 2.23. The summed E-state index contributed by atoms with van der Waals surface area (Å²) in [7, 11) is 0. The first-order valence-electron chi connectivity index (χ1n) is 6.49. The Bertz CT molecular complexity index is 581. The van der Waals surface area contributed by atoms with Gasteiger partial charge < -0.3 is 5.32 Å². The molecule has 2 N–H and O–H groups in total. The van der Waals surface area contributed by atoms with Crippen molar-refractivity contribution in [3.8, 4) is 0 Å². The van der Waals surface area contributed by atoms with Crippen molar-refractivity contribution in [2.75, 3.05) is 11.9 Å². The molecule has 2 aromatic heterocycles. The molecule has 1 aliphatic carbocycles. The number of fused-ring (bicyclic) bond motifs is 1. The summed E-state index contributed by atoms with van der Waals surface area (Å²) in [6.07, 6.45) is 8.16. The maximum absolute atomic E-state index is 11.3. The van der Waals surface area contributed by atoms with Crippen molar-refractivity contribution in [3.05, 3.63) is 22.9 Å². The maximum atomic E-state index is 11.3. The molecule has 0 radical (unpaired) electrons. The van der Waals surface area contributed by atoms with Gasteiger partial charge in [0.1, 0.15) is 12.1 Å². The molecular formula is C12H17N5O. The lowest BCUT2D eigenvalue weighted by Crippen LogP contribution is -2.18. The number of anilines is 1. The summed E-state index contributed by atoms with van der Waals surface area (Å²) in [4.78, 5) is 15.5. The highest BCUT2D eigenvalue weighted by molar-refractivity contribution is 5.48. The maximum Gasteiger partial charge on any atom is 0.348 e. The molecule has 3 rings (SSSR count). The topological polar surface area (TPSA) is 75.1 Å². The minimum Gasteiger partial charge on any atom is -0.370 e. The third-order valence-corrected chi connectivity index (χ3v) is 3.61. The first kappa shape index (κ1) is 11.3. The molecule has 0 bridgehead atoms. The standard InChI is InChI=1S/C12H17N5O/c18-12-16-15-11-6-10(14-8-17(11)12)13-7-9-4-2-1-3-5-9/h6,8-9,13H,1-5,7H2,(H,16,18). The van der Waals surface area contributed by atoms with Crippen LogP contribution in [0.4, 0.5) is 5.82 Å². The van der Waals surface area contributed by atoms with E-state index in [0.29, 0.717) is 5.65 Å². The summed E-state index contributed by atoms with van der Waals surface area (Å²) < 4.78 is 1.39. The normalized spacial score (nSPS) is 17.1. The summed E-state index contributed by atoms with van der Waals surface area (Å²) in [5, 5.41) is 9.65. The quantitative estimate of drug-likeness (QED) is 0.860. The van der Waals surface area contributed by atoms with Gasteiger partial charge in [-0.15, -0.1) is 0 Å². The molecule has 0 amide bonds. The number of nitrogens with zero attached hydrogens (tertiary/aromatic N) is 3. The van der Waals surface area contributed by atoms with E-state index in [0.717, 1.165) is 18.3 Å². The van der Waals surface area contributed by atoms with E-state index >= 15 is 0 Å². The average molecular weight is 247 g/mol. The van der Waals surface area contributed by atoms with Crippen LogP contribution >= 0.6 is 0 Å². The van der Waals surface area contributed by atoms with E-state index in [-0.39, 0.29) is 5.69 Å². The zero-order valence-electron chi connectivity index (χ0n) is 10.2. The van der Waals surface area contributed by atoms with Crippen LogP contribution in [0.15, 0.2) is 17.2 Å². The van der Waals surface area contributed by atoms with E-state index in [1.165, 1.54) is 42.8 Å². The Morgan fingerprint density at radius 3 is 3.06 bits per heavy atom. The molecule has 0 atom stereocenters. The van der Waals surface area contributed by atoms with Crippen LogP contribution in [0.3, 0.4) is 0 Å². The number of hydrogen-bond donors (Lipinski definition) is 2. The molecule has 6 nitrogen and oxygen atoms in total. The van der Waals surface area contributed by atoms with Crippen LogP contribution in [0.2, 0.25) is 0 Å². The van der Waals surface area contributed by atoms with Gasteiger partial charge in [-0.2, -0.15) is 5.10 Å². The summed E-state index contributed by atoms with van der Waals surface area (Å²) in [6.45, 7) is 0.956. The predicted octanol–water partition coefficient (Wildman–Crippen LogP) is 1.41. The molecule has 1 fully saturated rings. The number of rotatable bonds is 3. The molecule has 0 aromatic carbocycles. The van der Waals surface area contributed by atoms with Crippen LogP contribution in [0.25, 0.3) is 5.65 Å². The number of aromatic amines is 1. The minimum absolute atomic E-state index is 0.253. The molecule has 18 heavy (non-hydrogen) atoms. The Labute approximate surface area is 104 Å². The first-order chi connectivity index (χ1) is 8.83. The molecule has 1 saturated carbocycles. The largest absolute Gasteiger partial charge is 0.370 e. The van der Waals surface area contributed by atoms with Crippen LogP contribution in [0.5, 0.6) is 0 Å². The van der Waals surface area contributed by atoms with Crippen molar-refractivity contribution in [2.45, 2.75) is 32.1 Å². The zero-order valence-corrected chi connectivity index (χ0v) is 10.2. The number of nitrogens with one attached hydrogen (secondary N) is 2. The van der Waals surface area contributed by atoms with E-state index in [1.54, 1.807) is 6.07 Å². The van der Waals surface area contributed by atoms with Crippen molar-refractivity contribution in [3.63, 3.8) is 0 Å². The molecule has 0 saturated heterocycles.